The van der Waals surface area contributed by atoms with Crippen LogP contribution in [-0.2, 0) is 10.0 Å². The molecule has 0 radical (unpaired) electrons. The molecule has 10 heteroatoms. The Morgan fingerprint density at radius 1 is 1.17 bits per heavy atom. The molecule has 0 aliphatic carbocycles. The van der Waals surface area contributed by atoms with E-state index in [0.717, 1.165) is 17.8 Å². The summed E-state index contributed by atoms with van der Waals surface area (Å²) in [5, 5.41) is 12.1. The number of hydrogen-bond acceptors (Lipinski definition) is 6. The molecule has 1 unspecified atom stereocenters. The molecule has 1 atom stereocenters. The van der Waals surface area contributed by atoms with Crippen LogP contribution in [0.3, 0.4) is 0 Å². The van der Waals surface area contributed by atoms with Gasteiger partial charge in [0.1, 0.15) is 5.01 Å². The van der Waals surface area contributed by atoms with E-state index in [9.17, 15) is 13.2 Å². The third kappa shape index (κ3) is 4.11. The Bertz CT molecular complexity index is 1180. The van der Waals surface area contributed by atoms with Crippen molar-refractivity contribution in [2.24, 2.45) is 0 Å². The van der Waals surface area contributed by atoms with Crippen molar-refractivity contribution in [3.63, 3.8) is 0 Å². The number of benzene rings is 2. The zero-order chi connectivity index (χ0) is 21.3. The van der Waals surface area contributed by atoms with Crippen LogP contribution in [0.1, 0.15) is 39.3 Å². The van der Waals surface area contributed by atoms with Crippen molar-refractivity contribution in [3.05, 3.63) is 69.1 Å². The third-order valence-corrected chi connectivity index (χ3v) is 8.25. The Labute approximate surface area is 183 Å². The molecule has 2 aromatic carbocycles. The van der Waals surface area contributed by atoms with Crippen LogP contribution in [-0.4, -0.2) is 35.4 Å². The van der Waals surface area contributed by atoms with Gasteiger partial charge in [-0.05, 0) is 55.7 Å². The SMILES string of the molecule is Cc1ccccc1S(=O)(=O)N1CCCC1c1nnc(C(=O)Nc2ccc(Cl)cc2)s1. The lowest BCUT2D eigenvalue weighted by Gasteiger charge is -2.23. The van der Waals surface area contributed by atoms with Gasteiger partial charge in [0.15, 0.2) is 0 Å². The molecule has 1 N–H and O–H groups in total. The zero-order valence-electron chi connectivity index (χ0n) is 16.1. The van der Waals surface area contributed by atoms with Crippen molar-refractivity contribution in [1.29, 1.82) is 0 Å². The average Bonchev–Trinajstić information content (AvgIpc) is 3.39. The summed E-state index contributed by atoms with van der Waals surface area (Å²) in [5.74, 6) is -0.396. The molecule has 30 heavy (non-hydrogen) atoms. The Hall–Kier alpha value is -2.33. The molecule has 4 rings (SSSR count). The van der Waals surface area contributed by atoms with Crippen molar-refractivity contribution < 1.29 is 13.2 Å². The second-order valence-electron chi connectivity index (χ2n) is 6.95. The predicted octanol–water partition coefficient (Wildman–Crippen LogP) is 4.28. The van der Waals surface area contributed by atoms with E-state index in [-0.39, 0.29) is 5.01 Å². The summed E-state index contributed by atoms with van der Waals surface area (Å²) in [5.41, 5.74) is 1.29. The fraction of sp³-hybridized carbons (Fsp3) is 0.250. The zero-order valence-corrected chi connectivity index (χ0v) is 18.5. The Kier molecular flexibility index (Phi) is 5.88. The molecule has 1 saturated heterocycles. The maximum atomic E-state index is 13.2. The normalized spacial score (nSPS) is 17.2. The number of amides is 1. The lowest BCUT2D eigenvalue weighted by Crippen LogP contribution is -2.31. The van der Waals surface area contributed by atoms with E-state index in [4.69, 9.17) is 11.6 Å². The van der Waals surface area contributed by atoms with Crippen LogP contribution in [0, 0.1) is 6.92 Å². The number of anilines is 1. The molecule has 156 valence electrons. The molecule has 0 bridgehead atoms. The first kappa shape index (κ1) is 20.9. The first-order valence-corrected chi connectivity index (χ1v) is 12.0. The summed E-state index contributed by atoms with van der Waals surface area (Å²) in [6, 6.07) is 13.2. The number of halogens is 1. The highest BCUT2D eigenvalue weighted by atomic mass is 35.5. The van der Waals surface area contributed by atoms with Gasteiger partial charge in [0.25, 0.3) is 5.91 Å². The Morgan fingerprint density at radius 3 is 2.63 bits per heavy atom. The minimum Gasteiger partial charge on any atom is -0.320 e. The number of sulfonamides is 1. The van der Waals surface area contributed by atoms with Crippen LogP contribution >= 0.6 is 22.9 Å². The lowest BCUT2D eigenvalue weighted by atomic mass is 10.2. The average molecular weight is 463 g/mol. The fourth-order valence-corrected chi connectivity index (χ4v) is 6.39. The number of hydrogen-bond donors (Lipinski definition) is 1. The largest absolute Gasteiger partial charge is 0.320 e. The summed E-state index contributed by atoms with van der Waals surface area (Å²) in [4.78, 5) is 12.8. The van der Waals surface area contributed by atoms with Gasteiger partial charge in [0.2, 0.25) is 15.0 Å². The van der Waals surface area contributed by atoms with Gasteiger partial charge in [-0.15, -0.1) is 10.2 Å². The van der Waals surface area contributed by atoms with Gasteiger partial charge in [0, 0.05) is 17.3 Å². The number of rotatable bonds is 5. The maximum absolute atomic E-state index is 13.2. The summed E-state index contributed by atoms with van der Waals surface area (Å²) in [7, 11) is -3.67. The standard InChI is InChI=1S/C20H19ClN4O3S2/c1-13-5-2-3-7-17(13)30(27,28)25-12-4-6-16(25)19-23-24-20(29-19)18(26)22-15-10-8-14(21)9-11-15/h2-3,5,7-11,16H,4,6,12H2,1H3,(H,22,26). The minimum atomic E-state index is -3.67. The monoisotopic (exact) mass is 462 g/mol. The molecule has 1 aliphatic rings. The van der Waals surface area contributed by atoms with Gasteiger partial charge >= 0.3 is 0 Å². The fourth-order valence-electron chi connectivity index (χ4n) is 3.43. The predicted molar refractivity (Wildman–Crippen MR) is 116 cm³/mol. The van der Waals surface area contributed by atoms with Gasteiger partial charge in [0.05, 0.1) is 10.9 Å². The van der Waals surface area contributed by atoms with Crippen LogP contribution in [0.15, 0.2) is 53.4 Å². The highest BCUT2D eigenvalue weighted by Gasteiger charge is 2.39. The van der Waals surface area contributed by atoms with E-state index in [0.29, 0.717) is 39.1 Å². The molecule has 7 nitrogen and oxygen atoms in total. The number of aryl methyl sites for hydroxylation is 1. The van der Waals surface area contributed by atoms with E-state index >= 15 is 0 Å². The minimum absolute atomic E-state index is 0.181. The van der Waals surface area contributed by atoms with Crippen molar-refractivity contribution in [2.75, 3.05) is 11.9 Å². The van der Waals surface area contributed by atoms with Crippen LogP contribution < -0.4 is 5.32 Å². The first-order chi connectivity index (χ1) is 14.4. The van der Waals surface area contributed by atoms with Crippen LogP contribution in [0.4, 0.5) is 5.69 Å². The van der Waals surface area contributed by atoms with Crippen LogP contribution in [0.5, 0.6) is 0 Å². The van der Waals surface area contributed by atoms with Crippen LogP contribution in [0.25, 0.3) is 0 Å². The van der Waals surface area contributed by atoms with Crippen molar-refractivity contribution >= 4 is 44.6 Å². The quantitative estimate of drug-likeness (QED) is 0.611. The van der Waals surface area contributed by atoms with Gasteiger partial charge in [-0.25, -0.2) is 8.42 Å². The van der Waals surface area contributed by atoms with Gasteiger partial charge < -0.3 is 5.32 Å². The number of nitrogens with one attached hydrogen (secondary N) is 1. The Balaban J connectivity index is 1.55. The van der Waals surface area contributed by atoms with E-state index in [1.165, 1.54) is 4.31 Å². The summed E-state index contributed by atoms with van der Waals surface area (Å²) in [6.07, 6.45) is 1.36. The van der Waals surface area contributed by atoms with E-state index in [1.54, 1.807) is 49.4 Å². The van der Waals surface area contributed by atoms with Crippen molar-refractivity contribution in [1.82, 2.24) is 14.5 Å². The molecule has 1 amide bonds. The van der Waals surface area contributed by atoms with Gasteiger partial charge in [-0.1, -0.05) is 41.1 Å². The number of nitrogens with zero attached hydrogens (tertiary/aromatic N) is 3. The second kappa shape index (κ2) is 8.43. The maximum Gasteiger partial charge on any atom is 0.286 e. The Morgan fingerprint density at radius 2 is 1.90 bits per heavy atom. The molecule has 2 heterocycles. The molecule has 1 fully saturated rings. The molecule has 1 aromatic heterocycles. The molecule has 0 saturated carbocycles. The van der Waals surface area contributed by atoms with Crippen molar-refractivity contribution in [3.8, 4) is 0 Å². The molecule has 0 spiro atoms. The summed E-state index contributed by atoms with van der Waals surface area (Å²) < 4.78 is 28.0. The van der Waals surface area contributed by atoms with E-state index in [1.807, 2.05) is 6.07 Å². The highest BCUT2D eigenvalue weighted by molar-refractivity contribution is 7.89. The van der Waals surface area contributed by atoms with E-state index in [2.05, 4.69) is 15.5 Å². The molecule has 3 aromatic rings. The van der Waals surface area contributed by atoms with Gasteiger partial charge in [-0.3, -0.25) is 4.79 Å². The van der Waals surface area contributed by atoms with E-state index < -0.39 is 22.0 Å². The smallest absolute Gasteiger partial charge is 0.286 e. The van der Waals surface area contributed by atoms with Crippen LogP contribution in [0.2, 0.25) is 5.02 Å². The number of carbonyl (C=O) groups is 1. The number of carbonyl (C=O) groups excluding carboxylic acids is 1. The molecular formula is C20H19ClN4O3S2. The van der Waals surface area contributed by atoms with Crippen molar-refractivity contribution in [2.45, 2.75) is 30.7 Å². The summed E-state index contributed by atoms with van der Waals surface area (Å²) in [6.45, 7) is 2.19. The molecular weight excluding hydrogens is 444 g/mol. The number of aromatic nitrogens is 2. The first-order valence-electron chi connectivity index (χ1n) is 9.34. The highest BCUT2D eigenvalue weighted by Crippen LogP contribution is 2.38. The van der Waals surface area contributed by atoms with Gasteiger partial charge in [-0.2, -0.15) is 4.31 Å². The second-order valence-corrected chi connectivity index (χ2v) is 10.3. The topological polar surface area (TPSA) is 92.3 Å². The third-order valence-electron chi connectivity index (χ3n) is 4.91. The lowest BCUT2D eigenvalue weighted by molar-refractivity contribution is 0.102. The molecule has 1 aliphatic heterocycles. The summed E-state index contributed by atoms with van der Waals surface area (Å²) >= 11 is 6.97.